The lowest BCUT2D eigenvalue weighted by atomic mass is 10.2. The van der Waals surface area contributed by atoms with Gasteiger partial charge in [-0.2, -0.15) is 0 Å². The number of nitrogen functional groups attached to an aromatic ring is 1. The Morgan fingerprint density at radius 1 is 1.25 bits per heavy atom. The summed E-state index contributed by atoms with van der Waals surface area (Å²) in [5, 5.41) is 3.23. The molecule has 0 bridgehead atoms. The third kappa shape index (κ3) is 3.73. The lowest BCUT2D eigenvalue weighted by Crippen LogP contribution is -2.08. The van der Waals surface area contributed by atoms with E-state index < -0.39 is 0 Å². The van der Waals surface area contributed by atoms with E-state index in [9.17, 15) is 4.79 Å². The smallest absolute Gasteiger partial charge is 0.248 e. The number of rotatable bonds is 3. The maximum Gasteiger partial charge on any atom is 0.248 e. The van der Waals surface area contributed by atoms with Crippen LogP contribution in [-0.4, -0.2) is 10.9 Å². The van der Waals surface area contributed by atoms with Gasteiger partial charge < -0.3 is 11.1 Å². The summed E-state index contributed by atoms with van der Waals surface area (Å²) >= 11 is 11.8. The summed E-state index contributed by atoms with van der Waals surface area (Å²) in [6.07, 6.45) is 4.63. The lowest BCUT2D eigenvalue weighted by molar-refractivity contribution is -0.111. The summed E-state index contributed by atoms with van der Waals surface area (Å²) in [6.45, 7) is 0. The number of carbonyl (C=O) groups excluding carboxylic acids is 1. The van der Waals surface area contributed by atoms with Crippen molar-refractivity contribution >= 4 is 46.6 Å². The number of nitrogens with two attached hydrogens (primary N) is 1. The normalized spacial score (nSPS) is 10.7. The van der Waals surface area contributed by atoms with Crippen LogP contribution < -0.4 is 11.1 Å². The molecule has 6 heteroatoms. The molecule has 0 saturated heterocycles. The van der Waals surface area contributed by atoms with E-state index in [0.717, 1.165) is 0 Å². The Balaban J connectivity index is 2.07. The van der Waals surface area contributed by atoms with Gasteiger partial charge in [-0.05, 0) is 30.3 Å². The van der Waals surface area contributed by atoms with Crippen molar-refractivity contribution < 1.29 is 4.79 Å². The molecular weight excluding hydrogens is 297 g/mol. The summed E-state index contributed by atoms with van der Waals surface area (Å²) in [7, 11) is 0. The van der Waals surface area contributed by atoms with E-state index in [-0.39, 0.29) is 11.6 Å². The van der Waals surface area contributed by atoms with Crippen molar-refractivity contribution in [3.8, 4) is 0 Å². The van der Waals surface area contributed by atoms with E-state index >= 15 is 0 Å². The Bertz CT molecular complexity index is 634. The van der Waals surface area contributed by atoms with E-state index in [1.165, 1.54) is 18.2 Å². The van der Waals surface area contributed by atoms with Crippen molar-refractivity contribution in [3.63, 3.8) is 0 Å². The van der Waals surface area contributed by atoms with Crippen LogP contribution in [0, 0.1) is 0 Å². The minimum Gasteiger partial charge on any atom is -0.396 e. The molecule has 1 amide bonds. The molecule has 1 aromatic carbocycles. The molecule has 0 aliphatic carbocycles. The highest BCUT2D eigenvalue weighted by atomic mass is 35.5. The SMILES string of the molecule is Nc1c(Cl)cc(NC(=O)C=Cc2ccccn2)cc1Cl. The first kappa shape index (κ1) is 14.4. The molecule has 0 aliphatic rings. The maximum absolute atomic E-state index is 11.8. The Kier molecular flexibility index (Phi) is 4.61. The molecular formula is C14H11Cl2N3O. The van der Waals surface area contributed by atoms with Crippen molar-refractivity contribution in [3.05, 3.63) is 58.3 Å². The van der Waals surface area contributed by atoms with Gasteiger partial charge in [-0.1, -0.05) is 29.3 Å². The molecule has 1 heterocycles. The first-order valence-corrected chi connectivity index (χ1v) is 6.46. The maximum atomic E-state index is 11.8. The average molecular weight is 308 g/mol. The number of hydrogen-bond donors (Lipinski definition) is 2. The second-order valence-electron chi connectivity index (χ2n) is 3.93. The summed E-state index contributed by atoms with van der Waals surface area (Å²) in [4.78, 5) is 15.8. The highest BCUT2D eigenvalue weighted by Gasteiger charge is 2.06. The zero-order valence-electron chi connectivity index (χ0n) is 10.3. The van der Waals surface area contributed by atoms with Gasteiger partial charge >= 0.3 is 0 Å². The second-order valence-corrected chi connectivity index (χ2v) is 4.75. The van der Waals surface area contributed by atoms with Crippen LogP contribution in [0.25, 0.3) is 6.08 Å². The minimum atomic E-state index is -0.312. The zero-order chi connectivity index (χ0) is 14.5. The van der Waals surface area contributed by atoms with Gasteiger partial charge in [0.25, 0.3) is 0 Å². The summed E-state index contributed by atoms with van der Waals surface area (Å²) < 4.78 is 0. The number of benzene rings is 1. The third-order valence-corrected chi connectivity index (χ3v) is 3.07. The first-order chi connectivity index (χ1) is 9.56. The monoisotopic (exact) mass is 307 g/mol. The Hall–Kier alpha value is -2.04. The molecule has 1 aromatic heterocycles. The van der Waals surface area contributed by atoms with Crippen LogP contribution in [0.2, 0.25) is 10.0 Å². The molecule has 20 heavy (non-hydrogen) atoms. The van der Waals surface area contributed by atoms with Crippen LogP contribution in [0.4, 0.5) is 11.4 Å². The molecule has 0 unspecified atom stereocenters. The largest absolute Gasteiger partial charge is 0.396 e. The van der Waals surface area contributed by atoms with Crippen LogP contribution in [0.15, 0.2) is 42.6 Å². The Labute approximate surface area is 126 Å². The first-order valence-electron chi connectivity index (χ1n) is 5.71. The van der Waals surface area contributed by atoms with Gasteiger partial charge in [0.2, 0.25) is 5.91 Å². The number of aromatic nitrogens is 1. The van der Waals surface area contributed by atoms with Gasteiger partial charge in [-0.3, -0.25) is 9.78 Å². The van der Waals surface area contributed by atoms with Gasteiger partial charge in [0.15, 0.2) is 0 Å². The van der Waals surface area contributed by atoms with Crippen LogP contribution in [0.3, 0.4) is 0 Å². The number of anilines is 2. The van der Waals surface area contributed by atoms with E-state index in [1.54, 1.807) is 24.4 Å². The molecule has 4 nitrogen and oxygen atoms in total. The van der Waals surface area contributed by atoms with Crippen LogP contribution >= 0.6 is 23.2 Å². The van der Waals surface area contributed by atoms with Gasteiger partial charge in [-0.15, -0.1) is 0 Å². The van der Waals surface area contributed by atoms with Gasteiger partial charge in [-0.25, -0.2) is 0 Å². The van der Waals surface area contributed by atoms with Crippen LogP contribution in [-0.2, 0) is 4.79 Å². The van der Waals surface area contributed by atoms with Gasteiger partial charge in [0.1, 0.15) is 0 Å². The molecule has 2 rings (SSSR count). The number of hydrogen-bond acceptors (Lipinski definition) is 3. The number of nitrogens with zero attached hydrogens (tertiary/aromatic N) is 1. The number of amides is 1. The fraction of sp³-hybridized carbons (Fsp3) is 0. The van der Waals surface area contributed by atoms with Crippen molar-refractivity contribution in [1.29, 1.82) is 0 Å². The van der Waals surface area contributed by atoms with Gasteiger partial charge in [0.05, 0.1) is 21.4 Å². The standard InChI is InChI=1S/C14H11Cl2N3O/c15-11-7-10(8-12(16)14(11)17)19-13(20)5-4-9-3-1-2-6-18-9/h1-8H,17H2,(H,19,20). The molecule has 0 radical (unpaired) electrons. The minimum absolute atomic E-state index is 0.287. The highest BCUT2D eigenvalue weighted by Crippen LogP contribution is 2.31. The average Bonchev–Trinajstić information content (AvgIpc) is 2.43. The van der Waals surface area contributed by atoms with Crippen molar-refractivity contribution in [2.24, 2.45) is 0 Å². The number of halogens is 2. The molecule has 102 valence electrons. The lowest BCUT2D eigenvalue weighted by Gasteiger charge is -2.06. The zero-order valence-corrected chi connectivity index (χ0v) is 11.8. The van der Waals surface area contributed by atoms with E-state index in [0.29, 0.717) is 21.4 Å². The number of carbonyl (C=O) groups is 1. The quantitative estimate of drug-likeness (QED) is 0.672. The predicted molar refractivity (Wildman–Crippen MR) is 82.8 cm³/mol. The van der Waals surface area contributed by atoms with Crippen molar-refractivity contribution in [2.75, 3.05) is 11.1 Å². The summed E-state index contributed by atoms with van der Waals surface area (Å²) in [6, 6.07) is 8.51. The van der Waals surface area contributed by atoms with E-state index in [2.05, 4.69) is 10.3 Å². The van der Waals surface area contributed by atoms with Crippen molar-refractivity contribution in [1.82, 2.24) is 4.98 Å². The number of nitrogens with one attached hydrogen (secondary N) is 1. The molecule has 0 atom stereocenters. The third-order valence-electron chi connectivity index (χ3n) is 2.44. The summed E-state index contributed by atoms with van der Waals surface area (Å²) in [5.74, 6) is -0.312. The fourth-order valence-electron chi connectivity index (χ4n) is 1.48. The molecule has 3 N–H and O–H groups in total. The van der Waals surface area contributed by atoms with Crippen LogP contribution in [0.5, 0.6) is 0 Å². The molecule has 0 aliphatic heterocycles. The van der Waals surface area contributed by atoms with Crippen LogP contribution in [0.1, 0.15) is 5.69 Å². The Morgan fingerprint density at radius 2 is 1.95 bits per heavy atom. The van der Waals surface area contributed by atoms with Crippen molar-refractivity contribution in [2.45, 2.75) is 0 Å². The highest BCUT2D eigenvalue weighted by molar-refractivity contribution is 6.39. The van der Waals surface area contributed by atoms with E-state index in [4.69, 9.17) is 28.9 Å². The fourth-order valence-corrected chi connectivity index (χ4v) is 1.96. The van der Waals surface area contributed by atoms with Gasteiger partial charge in [0, 0.05) is 18.0 Å². The molecule has 0 saturated carbocycles. The summed E-state index contributed by atoms with van der Waals surface area (Å²) in [5.41, 5.74) is 7.07. The Morgan fingerprint density at radius 3 is 2.55 bits per heavy atom. The second kappa shape index (κ2) is 6.41. The van der Waals surface area contributed by atoms with E-state index in [1.807, 2.05) is 6.07 Å². The molecule has 0 spiro atoms. The predicted octanol–water partition coefficient (Wildman–Crippen LogP) is 3.62. The molecule has 2 aromatic rings. The number of pyridine rings is 1. The topological polar surface area (TPSA) is 68.0 Å². The molecule has 0 fully saturated rings.